The molecule has 0 saturated carbocycles. The lowest BCUT2D eigenvalue weighted by molar-refractivity contribution is 0.0947. The zero-order valence-corrected chi connectivity index (χ0v) is 18.4. The van der Waals surface area contributed by atoms with Crippen LogP contribution in [0.25, 0.3) is 0 Å². The van der Waals surface area contributed by atoms with Gasteiger partial charge in [-0.2, -0.15) is 0 Å². The van der Waals surface area contributed by atoms with Crippen molar-refractivity contribution in [2.45, 2.75) is 12.5 Å². The first-order valence-electron chi connectivity index (χ1n) is 9.39. The van der Waals surface area contributed by atoms with Gasteiger partial charge in [0.15, 0.2) is 0 Å². The van der Waals surface area contributed by atoms with Crippen LogP contribution in [0.5, 0.6) is 5.75 Å². The maximum Gasteiger partial charge on any atom is 0.262 e. The Morgan fingerprint density at radius 2 is 1.67 bits per heavy atom. The van der Waals surface area contributed by atoms with Gasteiger partial charge in [-0.3, -0.25) is 4.79 Å². The van der Waals surface area contributed by atoms with Gasteiger partial charge in [-0.25, -0.2) is 13.1 Å². The Morgan fingerprint density at radius 3 is 2.30 bits per heavy atom. The second-order valence-electron chi connectivity index (χ2n) is 6.77. The lowest BCUT2D eigenvalue weighted by atomic mass is 9.98. The van der Waals surface area contributed by atoms with Crippen LogP contribution in [0.4, 0.5) is 0 Å². The predicted molar refractivity (Wildman–Crippen MR) is 120 cm³/mol. The summed E-state index contributed by atoms with van der Waals surface area (Å²) in [5.41, 5.74) is 1.93. The molecule has 6 nitrogen and oxygen atoms in total. The third-order valence-electron chi connectivity index (χ3n) is 4.48. The molecule has 1 unspecified atom stereocenters. The molecule has 2 N–H and O–H groups in total. The van der Waals surface area contributed by atoms with Crippen LogP contribution in [0, 0.1) is 0 Å². The van der Waals surface area contributed by atoms with Crippen molar-refractivity contribution in [3.63, 3.8) is 0 Å². The minimum absolute atomic E-state index is 0.174. The van der Waals surface area contributed by atoms with E-state index in [1.165, 1.54) is 11.3 Å². The molecule has 8 heteroatoms. The number of methoxy groups -OCH3 is 1. The van der Waals surface area contributed by atoms with Crippen LogP contribution in [0.2, 0.25) is 0 Å². The van der Waals surface area contributed by atoms with Crippen LogP contribution in [-0.2, 0) is 16.4 Å². The predicted octanol–water partition coefficient (Wildman–Crippen LogP) is 3.37. The monoisotopic (exact) mass is 444 g/mol. The number of sulfonamides is 1. The summed E-state index contributed by atoms with van der Waals surface area (Å²) in [4.78, 5) is 14.5. The third-order valence-corrected chi connectivity index (χ3v) is 6.35. The number of hydrogen-bond acceptors (Lipinski definition) is 5. The Morgan fingerprint density at radius 1 is 1.00 bits per heavy atom. The Hall–Kier alpha value is -2.68. The van der Waals surface area contributed by atoms with E-state index < -0.39 is 10.0 Å². The molecule has 3 rings (SSSR count). The first-order chi connectivity index (χ1) is 14.4. The Kier molecular flexibility index (Phi) is 7.25. The second-order valence-corrected chi connectivity index (χ2v) is 9.77. The Bertz CT molecular complexity index is 1080. The standard InChI is InChI=1S/C22H24N2O4S2/c1-28-18-10-8-17(9-11-18)21(16-6-4-3-5-7-16)24-22(25)20-13-12-19(29-20)14-15-23-30(2,26)27/h3-13,21,23H,14-15H2,1-2H3,(H,24,25). The summed E-state index contributed by atoms with van der Waals surface area (Å²) in [6.45, 7) is 0.304. The number of nitrogens with one attached hydrogen (secondary N) is 2. The largest absolute Gasteiger partial charge is 0.497 e. The quantitative estimate of drug-likeness (QED) is 0.530. The summed E-state index contributed by atoms with van der Waals surface area (Å²) in [6, 6.07) is 20.7. The van der Waals surface area contributed by atoms with Crippen molar-refractivity contribution in [3.05, 3.63) is 87.6 Å². The highest BCUT2D eigenvalue weighted by Crippen LogP contribution is 2.25. The molecule has 0 saturated heterocycles. The van der Waals surface area contributed by atoms with E-state index in [-0.39, 0.29) is 11.9 Å². The molecule has 1 aromatic heterocycles. The Balaban J connectivity index is 1.75. The average molecular weight is 445 g/mol. The van der Waals surface area contributed by atoms with Crippen LogP contribution in [-0.4, -0.2) is 34.2 Å². The van der Waals surface area contributed by atoms with Crippen molar-refractivity contribution in [1.29, 1.82) is 0 Å². The van der Waals surface area contributed by atoms with Crippen LogP contribution in [0.1, 0.15) is 31.7 Å². The molecule has 0 aliphatic rings. The molecule has 1 amide bonds. The number of carbonyl (C=O) groups excluding carboxylic acids is 1. The molecule has 0 radical (unpaired) electrons. The van der Waals surface area contributed by atoms with E-state index in [4.69, 9.17) is 4.74 Å². The summed E-state index contributed by atoms with van der Waals surface area (Å²) in [6.07, 6.45) is 1.66. The zero-order valence-electron chi connectivity index (χ0n) is 16.8. The van der Waals surface area contributed by atoms with Gasteiger partial charge in [0.2, 0.25) is 10.0 Å². The molecule has 3 aromatic rings. The lowest BCUT2D eigenvalue weighted by Gasteiger charge is -2.20. The number of ether oxygens (including phenoxy) is 1. The summed E-state index contributed by atoms with van der Waals surface area (Å²) < 4.78 is 30.1. The normalized spacial score (nSPS) is 12.3. The molecule has 1 heterocycles. The summed E-state index contributed by atoms with van der Waals surface area (Å²) in [5.74, 6) is 0.578. The molecule has 158 valence electrons. The van der Waals surface area contributed by atoms with Crippen LogP contribution in [0.15, 0.2) is 66.7 Å². The molecule has 0 spiro atoms. The van der Waals surface area contributed by atoms with Gasteiger partial charge < -0.3 is 10.1 Å². The van der Waals surface area contributed by atoms with E-state index in [0.29, 0.717) is 17.8 Å². The topological polar surface area (TPSA) is 84.5 Å². The van der Waals surface area contributed by atoms with Crippen molar-refractivity contribution < 1.29 is 17.9 Å². The number of hydrogen-bond donors (Lipinski definition) is 2. The van der Waals surface area contributed by atoms with Crippen molar-refractivity contribution in [2.75, 3.05) is 19.9 Å². The van der Waals surface area contributed by atoms with Crippen molar-refractivity contribution in [1.82, 2.24) is 10.0 Å². The summed E-state index contributed by atoms with van der Waals surface area (Å²) >= 11 is 1.36. The minimum atomic E-state index is -3.22. The molecular formula is C22H24N2O4S2. The van der Waals surface area contributed by atoms with Gasteiger partial charge in [0.05, 0.1) is 24.3 Å². The molecule has 0 aliphatic carbocycles. The van der Waals surface area contributed by atoms with Crippen molar-refractivity contribution >= 4 is 27.3 Å². The minimum Gasteiger partial charge on any atom is -0.497 e. The van der Waals surface area contributed by atoms with E-state index in [2.05, 4.69) is 10.0 Å². The lowest BCUT2D eigenvalue weighted by Crippen LogP contribution is -2.28. The number of carbonyl (C=O) groups is 1. The van der Waals surface area contributed by atoms with E-state index in [1.807, 2.05) is 60.7 Å². The maximum absolute atomic E-state index is 12.9. The molecule has 2 aromatic carbocycles. The number of amides is 1. The molecule has 0 bridgehead atoms. The third kappa shape index (κ3) is 6.16. The molecule has 0 aliphatic heterocycles. The second kappa shape index (κ2) is 9.88. The highest BCUT2D eigenvalue weighted by Gasteiger charge is 2.19. The van der Waals surface area contributed by atoms with E-state index in [0.717, 1.165) is 28.0 Å². The molecule has 0 fully saturated rings. The molecular weight excluding hydrogens is 420 g/mol. The van der Waals surface area contributed by atoms with Crippen molar-refractivity contribution in [3.8, 4) is 5.75 Å². The summed E-state index contributed by atoms with van der Waals surface area (Å²) in [5, 5.41) is 3.12. The first kappa shape index (κ1) is 22.0. The SMILES string of the molecule is COc1ccc(C(NC(=O)c2ccc(CCNS(C)(=O)=O)s2)c2ccccc2)cc1. The van der Waals surface area contributed by atoms with E-state index >= 15 is 0 Å². The van der Waals surface area contributed by atoms with E-state index in [9.17, 15) is 13.2 Å². The van der Waals surface area contributed by atoms with Gasteiger partial charge in [0.25, 0.3) is 5.91 Å². The van der Waals surface area contributed by atoms with Gasteiger partial charge in [-0.1, -0.05) is 42.5 Å². The molecule has 30 heavy (non-hydrogen) atoms. The number of benzene rings is 2. The first-order valence-corrected chi connectivity index (χ1v) is 12.1. The fraction of sp³-hybridized carbons (Fsp3) is 0.227. The molecule has 1 atom stereocenters. The van der Waals surface area contributed by atoms with Gasteiger partial charge >= 0.3 is 0 Å². The fourth-order valence-electron chi connectivity index (χ4n) is 3.00. The summed E-state index contributed by atoms with van der Waals surface area (Å²) in [7, 11) is -1.60. The van der Waals surface area contributed by atoms with Crippen molar-refractivity contribution in [2.24, 2.45) is 0 Å². The Labute approximate surface area is 181 Å². The maximum atomic E-state index is 12.9. The van der Waals surface area contributed by atoms with E-state index in [1.54, 1.807) is 13.2 Å². The number of thiophene rings is 1. The highest BCUT2D eigenvalue weighted by atomic mass is 32.2. The fourth-order valence-corrected chi connectivity index (χ4v) is 4.38. The number of rotatable bonds is 9. The zero-order chi connectivity index (χ0) is 21.6. The van der Waals surface area contributed by atoms with Gasteiger partial charge in [-0.15, -0.1) is 11.3 Å². The van der Waals surface area contributed by atoms with Gasteiger partial charge in [0.1, 0.15) is 5.75 Å². The highest BCUT2D eigenvalue weighted by molar-refractivity contribution is 7.88. The average Bonchev–Trinajstić information content (AvgIpc) is 3.21. The van der Waals surface area contributed by atoms with Gasteiger partial charge in [-0.05, 0) is 41.8 Å². The van der Waals surface area contributed by atoms with Crippen LogP contribution >= 0.6 is 11.3 Å². The smallest absolute Gasteiger partial charge is 0.262 e. The van der Waals surface area contributed by atoms with Gasteiger partial charge in [0, 0.05) is 11.4 Å². The van der Waals surface area contributed by atoms with Crippen LogP contribution in [0.3, 0.4) is 0 Å². The van der Waals surface area contributed by atoms with Crippen LogP contribution < -0.4 is 14.8 Å².